The molecule has 9 rings (SSSR count). The fourth-order valence-electron chi connectivity index (χ4n) is 11.8. The lowest BCUT2D eigenvalue weighted by atomic mass is 9.91. The molecule has 0 bridgehead atoms. The van der Waals surface area contributed by atoms with Gasteiger partial charge in [0.05, 0.1) is 59.0 Å². The lowest BCUT2D eigenvalue weighted by Gasteiger charge is -2.43. The van der Waals surface area contributed by atoms with Gasteiger partial charge in [-0.1, -0.05) is 44.1 Å². The average molecular weight is 1230 g/mol. The van der Waals surface area contributed by atoms with Crippen molar-refractivity contribution in [2.45, 2.75) is 131 Å². The molecule has 474 valence electrons. The zero-order valence-corrected chi connectivity index (χ0v) is 52.8. The Kier molecular flexibility index (Phi) is 26.6. The number of hydrogen-bond donors (Lipinski definition) is 3. The van der Waals surface area contributed by atoms with Crippen molar-refractivity contribution < 1.29 is 33.6 Å². The van der Waals surface area contributed by atoms with Gasteiger partial charge in [0.1, 0.15) is 72.6 Å². The second kappa shape index (κ2) is 34.6. The summed E-state index contributed by atoms with van der Waals surface area (Å²) in [6, 6.07) is 11.8. The van der Waals surface area contributed by atoms with Crippen molar-refractivity contribution in [2.24, 2.45) is 17.8 Å². The Morgan fingerprint density at radius 2 is 0.911 bits per heavy atom. The first-order chi connectivity index (χ1) is 43.4. The first-order valence-electron chi connectivity index (χ1n) is 30.4. The molecule has 6 aromatic heterocycles. The lowest BCUT2D eigenvalue weighted by molar-refractivity contribution is -0.191. The zero-order valence-electron chi connectivity index (χ0n) is 52.8. The first-order valence-corrected chi connectivity index (χ1v) is 30.4. The number of carbonyl (C=O) groups excluding carboxylic acids is 7. The number of hydrogen-bond acceptors (Lipinski definition) is 19. The summed E-state index contributed by atoms with van der Waals surface area (Å²) >= 11 is 0. The number of ketones is 2. The Balaban J connectivity index is 0.000000210. The largest absolute Gasteiger partial charge is 0.373 e. The summed E-state index contributed by atoms with van der Waals surface area (Å²) in [7, 11) is 0. The molecule has 3 saturated heterocycles. The third-order valence-electron chi connectivity index (χ3n) is 16.4. The normalized spacial score (nSPS) is 18.6. The van der Waals surface area contributed by atoms with Crippen LogP contribution in [0, 0.1) is 51.7 Å². The third kappa shape index (κ3) is 18.8. The number of H-pyrrole nitrogens is 3. The van der Waals surface area contributed by atoms with Gasteiger partial charge in [0, 0.05) is 77.4 Å². The van der Waals surface area contributed by atoms with E-state index in [2.05, 4.69) is 87.6 Å². The van der Waals surface area contributed by atoms with Gasteiger partial charge in [-0.25, -0.2) is 29.9 Å². The van der Waals surface area contributed by atoms with Crippen LogP contribution in [0.1, 0.15) is 113 Å². The van der Waals surface area contributed by atoms with E-state index in [0.29, 0.717) is 75.5 Å². The summed E-state index contributed by atoms with van der Waals surface area (Å²) in [5, 5.41) is 29.4. The fourth-order valence-corrected chi connectivity index (χ4v) is 11.8. The number of aromatic amines is 3. The standard InChI is InChI=1S/C22H28N6O2.C21H26N6O2.C21H28N6O.CO2/c1-15(2)12-17(29)7-11-28(22-18-5-9-24-21(18)25-14-26-22)19-13-27(10-6-16(19)3)20(30)4-8-23;1-14(2)10-16(28)11-27(21-17-5-8-23-20(17)24-13-25-21)18-12-26(9-6-15(18)3)19(29)4-7-22;1-3-4-5-6-12-27(21-17-8-11-23-20(17)24-15-25-21)18-14-26(13-9-16(18)2)19(28)7-10-22;2-1-3/h5,9,12,14,16,19H,4,6-7,10-11,13H2,1-3H3,(H,24,25,26);5,8,10,13,15,18H,4,6,9,11-12H2,1-3H3,(H,23,24,25);3-4,8,11,15-16,18H,5-7,9,12-14H2,1-2H3,(H,23,24,25);/b;;4-3+;/t16-,19?;15-,18?;16-,18?;/m111./s1. The summed E-state index contributed by atoms with van der Waals surface area (Å²) in [5.41, 5.74) is 4.18. The van der Waals surface area contributed by atoms with E-state index in [9.17, 15) is 24.0 Å². The van der Waals surface area contributed by atoms with Crippen LogP contribution >= 0.6 is 0 Å². The van der Waals surface area contributed by atoms with E-state index in [4.69, 9.17) is 25.4 Å². The van der Waals surface area contributed by atoms with E-state index in [1.807, 2.05) is 93.2 Å². The van der Waals surface area contributed by atoms with Crippen molar-refractivity contribution in [2.75, 3.05) is 73.6 Å². The molecule has 3 unspecified atom stereocenters. The van der Waals surface area contributed by atoms with Crippen molar-refractivity contribution in [1.29, 1.82) is 15.8 Å². The van der Waals surface area contributed by atoms with Gasteiger partial charge >= 0.3 is 6.15 Å². The van der Waals surface area contributed by atoms with Crippen LogP contribution < -0.4 is 14.7 Å². The van der Waals surface area contributed by atoms with Crippen molar-refractivity contribution in [3.8, 4) is 18.2 Å². The maximum absolute atomic E-state index is 12.7. The molecule has 9 heterocycles. The van der Waals surface area contributed by atoms with E-state index >= 15 is 0 Å². The number of nitriles is 3. The Morgan fingerprint density at radius 3 is 1.28 bits per heavy atom. The number of fused-ring (bicyclic) bond motifs is 3. The van der Waals surface area contributed by atoms with Gasteiger partial charge in [0.2, 0.25) is 17.7 Å². The molecule has 25 heteroatoms. The molecule has 3 N–H and O–H groups in total. The van der Waals surface area contributed by atoms with Gasteiger partial charge in [0.25, 0.3) is 0 Å². The molecule has 6 atom stereocenters. The molecule has 0 aliphatic carbocycles. The molecule has 3 aliphatic heterocycles. The molecule has 0 saturated carbocycles. The first kappa shape index (κ1) is 69.2. The molecule has 3 amide bonds. The van der Waals surface area contributed by atoms with E-state index in [1.165, 1.54) is 12.7 Å². The number of piperidine rings is 3. The molecule has 0 aromatic carbocycles. The number of nitrogens with zero attached hydrogens (tertiary/aromatic N) is 15. The highest BCUT2D eigenvalue weighted by Gasteiger charge is 2.38. The monoisotopic (exact) mass is 1230 g/mol. The molecule has 25 nitrogen and oxygen atoms in total. The van der Waals surface area contributed by atoms with Gasteiger partial charge < -0.3 is 44.4 Å². The third-order valence-corrected chi connectivity index (χ3v) is 16.4. The molecule has 6 aromatic rings. The minimum atomic E-state index is -0.172. The summed E-state index contributed by atoms with van der Waals surface area (Å²) in [5.74, 6) is 3.00. The van der Waals surface area contributed by atoms with Crippen LogP contribution in [0.3, 0.4) is 0 Å². The second-order valence-corrected chi connectivity index (χ2v) is 23.3. The zero-order chi connectivity index (χ0) is 65.3. The minimum absolute atomic E-state index is 0.00565. The topological polar surface area (TPSA) is 335 Å². The van der Waals surface area contributed by atoms with Crippen LogP contribution in [-0.4, -0.2) is 172 Å². The lowest BCUT2D eigenvalue weighted by Crippen LogP contribution is -2.55. The van der Waals surface area contributed by atoms with Crippen LogP contribution in [0.5, 0.6) is 0 Å². The van der Waals surface area contributed by atoms with Gasteiger partial charge in [0.15, 0.2) is 11.6 Å². The molecule has 3 aliphatic rings. The summed E-state index contributed by atoms with van der Waals surface area (Å²) in [4.78, 5) is 126. The fraction of sp³-hybridized carbons (Fsp3) is 0.492. The minimum Gasteiger partial charge on any atom is -0.351 e. The van der Waals surface area contributed by atoms with Gasteiger partial charge in [-0.15, -0.1) is 0 Å². The maximum atomic E-state index is 12.7. The van der Waals surface area contributed by atoms with Gasteiger partial charge in [-0.2, -0.15) is 25.4 Å². The Morgan fingerprint density at radius 1 is 0.556 bits per heavy atom. The number of rotatable bonds is 20. The molecule has 0 radical (unpaired) electrons. The van der Waals surface area contributed by atoms with E-state index in [0.717, 1.165) is 88.9 Å². The van der Waals surface area contributed by atoms with E-state index < -0.39 is 0 Å². The van der Waals surface area contributed by atoms with Crippen LogP contribution in [-0.2, 0) is 33.6 Å². The molecule has 90 heavy (non-hydrogen) atoms. The van der Waals surface area contributed by atoms with Crippen LogP contribution in [0.2, 0.25) is 0 Å². The van der Waals surface area contributed by atoms with Gasteiger partial charge in [-0.3, -0.25) is 24.0 Å². The number of carbonyl (C=O) groups is 5. The quantitative estimate of drug-likeness (QED) is 0.0370. The Bertz CT molecular complexity index is 3660. The Labute approximate surface area is 524 Å². The number of allylic oxidation sites excluding steroid dienone is 5. The Hall–Kier alpha value is -9.92. The number of aromatic nitrogens is 9. The molecular weight excluding hydrogens is 1140 g/mol. The molecule has 3 fully saturated rings. The predicted molar refractivity (Wildman–Crippen MR) is 339 cm³/mol. The maximum Gasteiger partial charge on any atom is 0.373 e. The number of likely N-dealkylation sites (tertiary alicyclic amines) is 3. The van der Waals surface area contributed by atoms with Crippen LogP contribution in [0.25, 0.3) is 33.1 Å². The van der Waals surface area contributed by atoms with Crippen molar-refractivity contribution in [3.63, 3.8) is 0 Å². The SMILES string of the molecule is C/C=C/CCCN(c1ncnc2[nH]ccc12)C1CN(C(=O)CC#N)CC[C@H]1C.CC(C)=CC(=O)CCN(c1ncnc2[nH]ccc12)C1CN(C(=O)CC#N)CC[C@H]1C.CC(C)=CC(=O)CN(c1ncnc2[nH]ccc12)C1CN(C(=O)CC#N)CC[C@H]1C.O=C=O. The summed E-state index contributed by atoms with van der Waals surface area (Å²) in [6.45, 7) is 21.3. The average Bonchev–Trinajstić information content (AvgIpc) is 1.39. The smallest absolute Gasteiger partial charge is 0.351 e. The number of anilines is 3. The molecular formula is C65H82N18O7. The number of nitrogens with one attached hydrogen (secondary N) is 3. The van der Waals surface area contributed by atoms with Gasteiger partial charge in [-0.05, 0) is 115 Å². The number of amides is 3. The highest BCUT2D eigenvalue weighted by molar-refractivity contribution is 5.96. The molecule has 0 spiro atoms. The van der Waals surface area contributed by atoms with Crippen molar-refractivity contribution >= 4 is 86.0 Å². The van der Waals surface area contributed by atoms with E-state index in [-0.39, 0.29) is 85.3 Å². The predicted octanol–water partition coefficient (Wildman–Crippen LogP) is 7.98. The van der Waals surface area contributed by atoms with Crippen molar-refractivity contribution in [3.05, 3.63) is 91.2 Å². The highest BCUT2D eigenvalue weighted by Crippen LogP contribution is 2.34. The highest BCUT2D eigenvalue weighted by atomic mass is 16.2. The number of unbranched alkanes of at least 4 members (excludes halogenated alkanes) is 1. The van der Waals surface area contributed by atoms with Crippen molar-refractivity contribution in [1.82, 2.24) is 59.6 Å². The summed E-state index contributed by atoms with van der Waals surface area (Å²) < 4.78 is 0. The summed E-state index contributed by atoms with van der Waals surface area (Å²) in [6.07, 6.45) is 22.5. The van der Waals surface area contributed by atoms with Crippen LogP contribution in [0.15, 0.2) is 91.2 Å². The van der Waals surface area contributed by atoms with Crippen LogP contribution in [0.4, 0.5) is 17.5 Å². The second-order valence-electron chi connectivity index (χ2n) is 23.3. The van der Waals surface area contributed by atoms with E-state index in [1.54, 1.807) is 34.5 Å².